The lowest BCUT2D eigenvalue weighted by molar-refractivity contribution is 0.0911. The first-order valence-electron chi connectivity index (χ1n) is 10.6. The van der Waals surface area contributed by atoms with Crippen LogP contribution in [0.3, 0.4) is 0 Å². The summed E-state index contributed by atoms with van der Waals surface area (Å²) in [5.41, 5.74) is 2.06. The number of anilines is 1. The fourth-order valence-electron chi connectivity index (χ4n) is 3.73. The van der Waals surface area contributed by atoms with Crippen molar-refractivity contribution in [1.82, 2.24) is 20.4 Å². The number of carbonyl (C=O) groups is 1. The van der Waals surface area contributed by atoms with Gasteiger partial charge in [-0.1, -0.05) is 35.9 Å². The number of halogens is 1. The van der Waals surface area contributed by atoms with Crippen LogP contribution in [0.4, 0.5) is 5.69 Å². The van der Waals surface area contributed by atoms with E-state index in [1.807, 2.05) is 42.5 Å². The lowest BCUT2D eigenvalue weighted by Crippen LogP contribution is -2.48. The molecule has 0 bridgehead atoms. The molecule has 1 aliphatic rings. The molecule has 1 amide bonds. The molecule has 3 aromatic rings. The van der Waals surface area contributed by atoms with E-state index in [9.17, 15) is 4.79 Å². The molecule has 0 aliphatic carbocycles. The molecule has 1 fully saturated rings. The average Bonchev–Trinajstić information content (AvgIpc) is 3.28. The molecule has 4 rings (SSSR count). The molecule has 0 spiro atoms. The van der Waals surface area contributed by atoms with Crippen LogP contribution in [-0.2, 0) is 6.42 Å². The van der Waals surface area contributed by atoms with Crippen molar-refractivity contribution in [3.05, 3.63) is 70.9 Å². The number of benzene rings is 2. The Kier molecular flexibility index (Phi) is 7.24. The van der Waals surface area contributed by atoms with Crippen LogP contribution in [0.5, 0.6) is 5.75 Å². The van der Waals surface area contributed by atoms with Gasteiger partial charge in [0.1, 0.15) is 5.75 Å². The predicted octanol–water partition coefficient (Wildman–Crippen LogP) is 2.87. The Bertz CT molecular complexity index is 1050. The Morgan fingerprint density at radius 1 is 1.12 bits per heavy atom. The Balaban J connectivity index is 1.21. The van der Waals surface area contributed by atoms with Crippen molar-refractivity contribution in [3.8, 4) is 5.75 Å². The monoisotopic (exact) mass is 455 g/mol. The van der Waals surface area contributed by atoms with Crippen molar-refractivity contribution in [2.45, 2.75) is 6.42 Å². The van der Waals surface area contributed by atoms with E-state index in [1.54, 1.807) is 7.11 Å². The van der Waals surface area contributed by atoms with Gasteiger partial charge in [0.25, 0.3) is 0 Å². The van der Waals surface area contributed by atoms with Gasteiger partial charge in [-0.05, 0) is 24.3 Å². The summed E-state index contributed by atoms with van der Waals surface area (Å²) in [6, 6.07) is 15.5. The Hall–Kier alpha value is -3.10. The predicted molar refractivity (Wildman–Crippen MR) is 123 cm³/mol. The third-order valence-corrected chi connectivity index (χ3v) is 5.69. The van der Waals surface area contributed by atoms with Crippen molar-refractivity contribution in [3.63, 3.8) is 0 Å². The molecule has 2 aromatic carbocycles. The summed E-state index contributed by atoms with van der Waals surface area (Å²) in [6.07, 6.45) is 0.404. The third-order valence-electron chi connectivity index (χ3n) is 5.45. The van der Waals surface area contributed by atoms with E-state index in [4.69, 9.17) is 20.8 Å². The van der Waals surface area contributed by atoms with Gasteiger partial charge in [0, 0.05) is 55.5 Å². The largest absolute Gasteiger partial charge is 0.496 e. The first-order chi connectivity index (χ1) is 15.6. The molecule has 2 heterocycles. The zero-order chi connectivity index (χ0) is 22.3. The second kappa shape index (κ2) is 10.5. The topological polar surface area (TPSA) is 83.7 Å². The molecule has 168 valence electrons. The highest BCUT2D eigenvalue weighted by molar-refractivity contribution is 6.30. The fraction of sp³-hybridized carbons (Fsp3) is 0.348. The number of hydrogen-bond donors (Lipinski definition) is 1. The van der Waals surface area contributed by atoms with Crippen molar-refractivity contribution in [2.75, 3.05) is 51.3 Å². The molecule has 9 heteroatoms. The van der Waals surface area contributed by atoms with E-state index < -0.39 is 0 Å². The average molecular weight is 456 g/mol. The molecule has 8 nitrogen and oxygen atoms in total. The quantitative estimate of drug-likeness (QED) is 0.559. The molecule has 0 saturated carbocycles. The maximum atomic E-state index is 12.4. The molecule has 1 saturated heterocycles. The van der Waals surface area contributed by atoms with E-state index in [0.717, 1.165) is 54.7 Å². The molecular weight excluding hydrogens is 430 g/mol. The van der Waals surface area contributed by atoms with E-state index in [0.29, 0.717) is 18.9 Å². The van der Waals surface area contributed by atoms with Crippen LogP contribution in [0.25, 0.3) is 0 Å². The van der Waals surface area contributed by atoms with Crippen LogP contribution in [0.2, 0.25) is 5.02 Å². The minimum Gasteiger partial charge on any atom is -0.496 e. The number of nitrogens with zero attached hydrogens (tertiary/aromatic N) is 4. The number of hydrogen-bond acceptors (Lipinski definition) is 7. The first-order valence-corrected chi connectivity index (χ1v) is 11.0. The number of piperazine rings is 1. The van der Waals surface area contributed by atoms with Crippen molar-refractivity contribution < 1.29 is 13.9 Å². The maximum absolute atomic E-state index is 12.4. The fourth-order valence-corrected chi connectivity index (χ4v) is 3.92. The summed E-state index contributed by atoms with van der Waals surface area (Å²) < 4.78 is 10.9. The van der Waals surface area contributed by atoms with Gasteiger partial charge in [-0.2, -0.15) is 0 Å². The lowest BCUT2D eigenvalue weighted by Gasteiger charge is -2.36. The molecule has 32 heavy (non-hydrogen) atoms. The van der Waals surface area contributed by atoms with Gasteiger partial charge in [0.2, 0.25) is 5.89 Å². The summed E-state index contributed by atoms with van der Waals surface area (Å²) in [5, 5.41) is 11.5. The molecule has 1 aromatic heterocycles. The number of methoxy groups -OCH3 is 1. The van der Waals surface area contributed by atoms with Gasteiger partial charge in [0.15, 0.2) is 0 Å². The highest BCUT2D eigenvalue weighted by Gasteiger charge is 2.19. The molecule has 1 aliphatic heterocycles. The van der Waals surface area contributed by atoms with Crippen LogP contribution in [-0.4, -0.2) is 67.4 Å². The number of aromatic nitrogens is 2. The molecule has 0 unspecified atom stereocenters. The molecule has 0 atom stereocenters. The van der Waals surface area contributed by atoms with Gasteiger partial charge >= 0.3 is 11.8 Å². The van der Waals surface area contributed by atoms with Crippen LogP contribution >= 0.6 is 11.6 Å². The van der Waals surface area contributed by atoms with Gasteiger partial charge in [0.05, 0.1) is 13.5 Å². The van der Waals surface area contributed by atoms with E-state index in [2.05, 4.69) is 31.4 Å². The van der Waals surface area contributed by atoms with Crippen LogP contribution in [0.1, 0.15) is 22.1 Å². The van der Waals surface area contributed by atoms with Gasteiger partial charge in [-0.3, -0.25) is 9.69 Å². The Morgan fingerprint density at radius 3 is 2.72 bits per heavy atom. The summed E-state index contributed by atoms with van der Waals surface area (Å²) in [7, 11) is 1.61. The summed E-state index contributed by atoms with van der Waals surface area (Å²) in [4.78, 5) is 17.0. The van der Waals surface area contributed by atoms with Crippen molar-refractivity contribution in [2.24, 2.45) is 0 Å². The number of para-hydroxylation sites is 1. The number of rotatable bonds is 8. The Labute approximate surface area is 192 Å². The molecular formula is C23H26ClN5O3. The number of carbonyl (C=O) groups excluding carboxylic acids is 1. The van der Waals surface area contributed by atoms with Crippen LogP contribution < -0.4 is 15.0 Å². The smallest absolute Gasteiger partial charge is 0.308 e. The second-order valence-corrected chi connectivity index (χ2v) is 7.99. The van der Waals surface area contributed by atoms with E-state index in [-0.39, 0.29) is 11.8 Å². The zero-order valence-corrected chi connectivity index (χ0v) is 18.7. The van der Waals surface area contributed by atoms with Crippen LogP contribution in [0.15, 0.2) is 52.9 Å². The van der Waals surface area contributed by atoms with Crippen molar-refractivity contribution in [1.29, 1.82) is 0 Å². The minimum absolute atomic E-state index is 0.0272. The number of amides is 1. The van der Waals surface area contributed by atoms with Crippen molar-refractivity contribution >= 4 is 23.2 Å². The summed E-state index contributed by atoms with van der Waals surface area (Å²) in [5.74, 6) is 0.728. The van der Waals surface area contributed by atoms with E-state index in [1.165, 1.54) is 0 Å². The van der Waals surface area contributed by atoms with Crippen LogP contribution in [0, 0.1) is 0 Å². The lowest BCUT2D eigenvalue weighted by atomic mass is 10.1. The maximum Gasteiger partial charge on any atom is 0.308 e. The van der Waals surface area contributed by atoms with Gasteiger partial charge in [-0.15, -0.1) is 10.2 Å². The first kappa shape index (κ1) is 22.1. The Morgan fingerprint density at radius 2 is 1.94 bits per heavy atom. The van der Waals surface area contributed by atoms with E-state index >= 15 is 0 Å². The molecule has 0 radical (unpaired) electrons. The zero-order valence-electron chi connectivity index (χ0n) is 18.0. The summed E-state index contributed by atoms with van der Waals surface area (Å²) in [6.45, 7) is 4.96. The van der Waals surface area contributed by atoms with Gasteiger partial charge < -0.3 is 19.4 Å². The normalized spacial score (nSPS) is 14.4. The second-order valence-electron chi connectivity index (χ2n) is 7.55. The highest BCUT2D eigenvalue weighted by atomic mass is 35.5. The SMILES string of the molecule is COc1ccccc1Cc1nnc(C(=O)NCCN2CCN(c3cccc(Cl)c3)CC2)o1. The minimum atomic E-state index is -0.360. The number of ether oxygens (including phenoxy) is 1. The number of nitrogens with one attached hydrogen (secondary N) is 1. The highest BCUT2D eigenvalue weighted by Crippen LogP contribution is 2.21. The van der Waals surface area contributed by atoms with Gasteiger partial charge in [-0.25, -0.2) is 0 Å². The standard InChI is InChI=1S/C23H26ClN5O3/c1-31-20-8-3-2-5-17(20)15-21-26-27-23(32-21)22(30)25-9-10-28-11-13-29(14-12-28)19-7-4-6-18(24)16-19/h2-8,16H,9-15H2,1H3,(H,25,30). The molecule has 1 N–H and O–H groups in total. The third kappa shape index (κ3) is 5.57. The summed E-state index contributed by atoms with van der Waals surface area (Å²) >= 11 is 6.10.